The van der Waals surface area contributed by atoms with E-state index in [9.17, 15) is 25.2 Å². The van der Waals surface area contributed by atoms with Crippen LogP contribution < -0.4 is 0 Å². The third-order valence-electron chi connectivity index (χ3n) is 5.62. The molecule has 0 bridgehead atoms. The van der Waals surface area contributed by atoms with Crippen LogP contribution in [0.15, 0.2) is 0 Å². The van der Waals surface area contributed by atoms with Gasteiger partial charge in [-0.2, -0.15) is 0 Å². The van der Waals surface area contributed by atoms with Crippen LogP contribution in [0.3, 0.4) is 0 Å². The topological polar surface area (TPSA) is 0 Å². The van der Waals surface area contributed by atoms with Crippen molar-refractivity contribution >= 4 is 7.81 Å². The van der Waals surface area contributed by atoms with E-state index < -0.39 is 7.81 Å². The minimum absolute atomic E-state index is 0. The Labute approximate surface area is 178 Å². The molecule has 0 nitrogen and oxygen atoms in total. The number of hydrogen-bond donors (Lipinski definition) is 0. The van der Waals surface area contributed by atoms with Crippen molar-refractivity contribution < 1.29 is 42.0 Å². The predicted octanol–water partition coefficient (Wildman–Crippen LogP) is 9.32. The van der Waals surface area contributed by atoms with Crippen LogP contribution in [0.1, 0.15) is 69.2 Å². The summed E-state index contributed by atoms with van der Waals surface area (Å²) in [6.45, 7) is 22.0. The second-order valence-corrected chi connectivity index (χ2v) is 9.12. The third-order valence-corrected chi connectivity index (χ3v) is 5.62. The molecule has 2 aliphatic carbocycles. The van der Waals surface area contributed by atoms with Crippen LogP contribution in [0.5, 0.6) is 0 Å². The summed E-state index contributed by atoms with van der Waals surface area (Å²) in [6.07, 6.45) is 0. The van der Waals surface area contributed by atoms with Crippen LogP contribution in [-0.4, -0.2) is 0 Å². The molecule has 28 heavy (non-hydrogen) atoms. The summed E-state index contributed by atoms with van der Waals surface area (Å²) in [5.41, 5.74) is 0. The third kappa shape index (κ3) is 10.5. The van der Waals surface area contributed by atoms with Crippen molar-refractivity contribution in [2.45, 2.75) is 69.2 Å². The molecule has 2 aliphatic rings. The SMILES string of the molecule is C[C]1[C](C)[C](C)[C](C)[C]1C.C[C]1[C](C)[C](C)[C](C)[C]1C.F[P-](F)(F)(F)(F)F.[Co+2]. The summed E-state index contributed by atoms with van der Waals surface area (Å²) in [5, 5.41) is 0. The van der Waals surface area contributed by atoms with Gasteiger partial charge in [-0.15, -0.1) is 0 Å². The summed E-state index contributed by atoms with van der Waals surface area (Å²) in [4.78, 5) is 0. The molecule has 0 heterocycles. The van der Waals surface area contributed by atoms with Gasteiger partial charge < -0.3 is 0 Å². The van der Waals surface area contributed by atoms with Gasteiger partial charge in [0.05, 0.1) is 0 Å². The largest absolute Gasteiger partial charge is 2.00 e. The smallest absolute Gasteiger partial charge is 2.00 e. The normalized spacial score (nSPS) is 26.1. The zero-order valence-corrected chi connectivity index (χ0v) is 20.0. The molecule has 0 N–H and O–H groups in total. The van der Waals surface area contributed by atoms with Gasteiger partial charge in [-0.05, 0) is 59.2 Å². The second-order valence-electron chi connectivity index (χ2n) is 7.21. The molecule has 0 aromatic carbocycles. The molecule has 0 saturated heterocycles. The van der Waals surface area contributed by atoms with Gasteiger partial charge in [0, 0.05) is 0 Å². The number of hydrogen-bond acceptors (Lipinski definition) is 0. The molecule has 2 rings (SSSR count). The van der Waals surface area contributed by atoms with Crippen LogP contribution in [0, 0.1) is 59.2 Å². The van der Waals surface area contributed by atoms with Crippen molar-refractivity contribution in [2.24, 2.45) is 0 Å². The molecule has 0 spiro atoms. The second kappa shape index (κ2) is 9.34. The first kappa shape index (κ1) is 30.7. The minimum Gasteiger partial charge on any atom is 2.00 e. The van der Waals surface area contributed by atoms with Crippen molar-refractivity contribution in [3.63, 3.8) is 0 Å². The van der Waals surface area contributed by atoms with Crippen molar-refractivity contribution in [2.75, 3.05) is 0 Å². The Balaban J connectivity index is 0. The first-order valence-electron chi connectivity index (χ1n) is 8.51. The summed E-state index contributed by atoms with van der Waals surface area (Å²) in [6, 6.07) is 0. The van der Waals surface area contributed by atoms with Gasteiger partial charge >= 0.3 is 49.8 Å². The van der Waals surface area contributed by atoms with Gasteiger partial charge in [0.15, 0.2) is 0 Å². The Morgan fingerprint density at radius 2 is 0.357 bits per heavy atom. The maximum atomic E-state index is 9.87. The zero-order chi connectivity index (χ0) is 22.2. The molecule has 0 aromatic heterocycles. The minimum atomic E-state index is -10.7. The molecule has 0 amide bonds. The van der Waals surface area contributed by atoms with E-state index >= 15 is 0 Å². The van der Waals surface area contributed by atoms with E-state index in [1.807, 2.05) is 0 Å². The molecule has 0 unspecified atom stereocenters. The molecule has 0 aromatic rings. The molecule has 0 atom stereocenters. The molecule has 8 heteroatoms. The Bertz CT molecular complexity index is 349. The van der Waals surface area contributed by atoms with E-state index in [0.29, 0.717) is 0 Å². The molecular weight excluding hydrogens is 444 g/mol. The fourth-order valence-electron chi connectivity index (χ4n) is 2.81. The van der Waals surface area contributed by atoms with Gasteiger partial charge in [0.2, 0.25) is 0 Å². The van der Waals surface area contributed by atoms with Crippen LogP contribution >= 0.6 is 7.81 Å². The van der Waals surface area contributed by atoms with E-state index in [0.717, 1.165) is 0 Å². The monoisotopic (exact) mass is 474 g/mol. The Morgan fingerprint density at radius 1 is 0.321 bits per heavy atom. The Morgan fingerprint density at radius 3 is 0.393 bits per heavy atom. The summed E-state index contributed by atoms with van der Waals surface area (Å²) in [7, 11) is -10.7. The molecule has 2 fully saturated rings. The number of halogens is 6. The molecule has 11 radical (unpaired) electrons. The van der Waals surface area contributed by atoms with Crippen LogP contribution in [0.2, 0.25) is 0 Å². The van der Waals surface area contributed by atoms with Crippen molar-refractivity contribution in [1.29, 1.82) is 0 Å². The molecule has 165 valence electrons. The van der Waals surface area contributed by atoms with Gasteiger partial charge in [-0.3, -0.25) is 0 Å². The summed E-state index contributed by atoms with van der Waals surface area (Å²) < 4.78 is 59.2. The first-order valence-corrected chi connectivity index (χ1v) is 10.5. The Hall–Kier alpha value is 0.516. The van der Waals surface area contributed by atoms with Crippen LogP contribution in [0.4, 0.5) is 25.2 Å². The van der Waals surface area contributed by atoms with Crippen molar-refractivity contribution in [1.82, 2.24) is 0 Å². The average Bonchev–Trinajstić information content (AvgIpc) is 2.76. The van der Waals surface area contributed by atoms with Gasteiger partial charge in [-0.25, -0.2) is 0 Å². The average molecular weight is 474 g/mol. The maximum absolute atomic E-state index is 10.7. The van der Waals surface area contributed by atoms with E-state index in [-0.39, 0.29) is 16.8 Å². The first-order chi connectivity index (χ1) is 11.6. The number of rotatable bonds is 0. The summed E-state index contributed by atoms with van der Waals surface area (Å²) in [5.74, 6) is 14.7. The fraction of sp³-hybridized carbons (Fsp3) is 0.500. The van der Waals surface area contributed by atoms with Crippen LogP contribution in [0.25, 0.3) is 0 Å². The van der Waals surface area contributed by atoms with E-state index in [4.69, 9.17) is 0 Å². The van der Waals surface area contributed by atoms with Gasteiger partial charge in [-0.1, -0.05) is 69.2 Å². The van der Waals surface area contributed by atoms with E-state index in [2.05, 4.69) is 69.2 Å². The molecule has 2 saturated carbocycles. The van der Waals surface area contributed by atoms with Gasteiger partial charge in [0.25, 0.3) is 0 Å². The van der Waals surface area contributed by atoms with Gasteiger partial charge in [0.1, 0.15) is 0 Å². The molecular formula is C20H30CoF6P+. The zero-order valence-electron chi connectivity index (χ0n) is 18.0. The molecule has 0 aliphatic heterocycles. The quantitative estimate of drug-likeness (QED) is 0.242. The van der Waals surface area contributed by atoms with Crippen molar-refractivity contribution in [3.8, 4) is 0 Å². The van der Waals surface area contributed by atoms with E-state index in [1.165, 1.54) is 59.2 Å². The standard InChI is InChI=1S/2C10H15.Co.F6P/c2*1-6-7(2)9(4)10(5)8(6)3;;1-7(2,3,4,5)6/h2*1-5H3;;/q;;+2;-1. The van der Waals surface area contributed by atoms with Crippen molar-refractivity contribution in [3.05, 3.63) is 59.2 Å². The predicted molar refractivity (Wildman–Crippen MR) is 103 cm³/mol. The van der Waals surface area contributed by atoms with E-state index in [1.54, 1.807) is 0 Å². The van der Waals surface area contributed by atoms with Crippen LogP contribution in [-0.2, 0) is 16.8 Å². The fourth-order valence-corrected chi connectivity index (χ4v) is 2.81. The maximum Gasteiger partial charge on any atom is 2.00 e. The summed E-state index contributed by atoms with van der Waals surface area (Å²) >= 11 is 0. The Kier molecular flexibility index (Phi) is 10.2.